The second kappa shape index (κ2) is 10.4. The topological polar surface area (TPSA) is 39.7 Å². The van der Waals surface area contributed by atoms with Crippen LogP contribution in [0.4, 0.5) is 5.69 Å². The molecule has 2 rings (SSSR count). The predicted molar refractivity (Wildman–Crippen MR) is 110 cm³/mol. The zero-order valence-corrected chi connectivity index (χ0v) is 16.3. The van der Waals surface area contributed by atoms with Crippen LogP contribution in [0.25, 0.3) is 0 Å². The van der Waals surface area contributed by atoms with Crippen molar-refractivity contribution < 1.29 is 0 Å². The van der Waals surface area contributed by atoms with Crippen LogP contribution in [-0.4, -0.2) is 32.1 Å². The van der Waals surface area contributed by atoms with Crippen LogP contribution in [0.15, 0.2) is 29.3 Å². The molecule has 0 radical (unpaired) electrons. The first-order valence-electron chi connectivity index (χ1n) is 8.07. The van der Waals surface area contributed by atoms with E-state index >= 15 is 0 Å². The zero-order valence-electron chi connectivity index (χ0n) is 14.0. The summed E-state index contributed by atoms with van der Waals surface area (Å²) in [5.41, 5.74) is 2.57. The molecule has 1 saturated heterocycles. The predicted octanol–water partition coefficient (Wildman–Crippen LogP) is 3.15. The highest BCUT2D eigenvalue weighted by Crippen LogP contribution is 2.23. The van der Waals surface area contributed by atoms with Gasteiger partial charge in [-0.1, -0.05) is 18.1 Å². The van der Waals surface area contributed by atoms with Gasteiger partial charge in [-0.2, -0.15) is 0 Å². The van der Waals surface area contributed by atoms with Crippen molar-refractivity contribution in [3.05, 3.63) is 29.8 Å². The van der Waals surface area contributed by atoms with Gasteiger partial charge in [0, 0.05) is 25.3 Å². The second-order valence-electron chi connectivity index (χ2n) is 5.55. The molecule has 4 nitrogen and oxygen atoms in total. The first-order valence-corrected chi connectivity index (χ1v) is 8.07. The lowest BCUT2D eigenvalue weighted by Gasteiger charge is -2.22. The Morgan fingerprint density at radius 2 is 2.13 bits per heavy atom. The van der Waals surface area contributed by atoms with Crippen LogP contribution in [-0.2, 0) is 0 Å². The molecule has 0 spiro atoms. The number of hydrogen-bond acceptors (Lipinski definition) is 2. The highest BCUT2D eigenvalue weighted by Gasteiger charge is 2.14. The van der Waals surface area contributed by atoms with Crippen LogP contribution in [0.3, 0.4) is 0 Å². The van der Waals surface area contributed by atoms with Crippen molar-refractivity contribution in [1.29, 1.82) is 0 Å². The van der Waals surface area contributed by atoms with Gasteiger partial charge in [-0.15, -0.1) is 30.4 Å². The van der Waals surface area contributed by atoms with Crippen molar-refractivity contribution in [2.75, 3.05) is 31.1 Å². The van der Waals surface area contributed by atoms with E-state index in [1.807, 2.05) is 6.92 Å². The average molecular weight is 426 g/mol. The van der Waals surface area contributed by atoms with E-state index < -0.39 is 0 Å². The maximum absolute atomic E-state index is 5.29. The molecule has 23 heavy (non-hydrogen) atoms. The molecule has 0 amide bonds. The number of benzene rings is 1. The number of terminal acetylenes is 1. The summed E-state index contributed by atoms with van der Waals surface area (Å²) in [7, 11) is 0. The summed E-state index contributed by atoms with van der Waals surface area (Å²) in [4.78, 5) is 6.80. The largest absolute Gasteiger partial charge is 0.372 e. The molecule has 0 aromatic heterocycles. The molecule has 1 aromatic rings. The van der Waals surface area contributed by atoms with Gasteiger partial charge in [0.1, 0.15) is 6.54 Å². The van der Waals surface area contributed by atoms with Crippen LogP contribution in [0.5, 0.6) is 0 Å². The number of nitrogens with one attached hydrogen (secondary N) is 2. The molecule has 0 aliphatic carbocycles. The third kappa shape index (κ3) is 5.94. The van der Waals surface area contributed by atoms with Crippen molar-refractivity contribution in [3.8, 4) is 12.3 Å². The van der Waals surface area contributed by atoms with Crippen LogP contribution in [0.2, 0.25) is 0 Å². The number of rotatable bonds is 5. The first kappa shape index (κ1) is 19.6. The Bertz CT molecular complexity index is 544. The summed E-state index contributed by atoms with van der Waals surface area (Å²) in [5.74, 6) is 3.31. The summed E-state index contributed by atoms with van der Waals surface area (Å²) in [5, 5.41) is 6.63. The van der Waals surface area contributed by atoms with Gasteiger partial charge in [0.25, 0.3) is 0 Å². The molecular formula is C18H27IN4. The van der Waals surface area contributed by atoms with E-state index in [9.17, 15) is 0 Å². The standard InChI is InChI=1S/C18H26N4.HI/c1-4-11-20-18(19-5-2)21-15(3)16-9-8-10-17(14-16)22-12-6-7-13-22;/h1,8-10,14-15H,5-7,11-13H2,2-3H3,(H2,19,20,21);1H. The average Bonchev–Trinajstić information content (AvgIpc) is 3.07. The van der Waals surface area contributed by atoms with E-state index in [-0.39, 0.29) is 30.0 Å². The first-order chi connectivity index (χ1) is 10.7. The Hall–Kier alpha value is -1.42. The fourth-order valence-corrected chi connectivity index (χ4v) is 2.70. The Kier molecular flexibility index (Phi) is 8.85. The maximum Gasteiger partial charge on any atom is 0.192 e. The van der Waals surface area contributed by atoms with E-state index in [1.54, 1.807) is 0 Å². The van der Waals surface area contributed by atoms with E-state index in [4.69, 9.17) is 6.42 Å². The monoisotopic (exact) mass is 426 g/mol. The van der Waals surface area contributed by atoms with Crippen molar-refractivity contribution in [1.82, 2.24) is 10.6 Å². The second-order valence-corrected chi connectivity index (χ2v) is 5.55. The highest BCUT2D eigenvalue weighted by molar-refractivity contribution is 14.0. The minimum absolute atomic E-state index is 0. The Morgan fingerprint density at radius 3 is 2.78 bits per heavy atom. The molecule has 0 saturated carbocycles. The van der Waals surface area contributed by atoms with Gasteiger partial charge in [-0.05, 0) is 44.4 Å². The zero-order chi connectivity index (χ0) is 15.8. The Morgan fingerprint density at radius 1 is 1.39 bits per heavy atom. The Balaban J connectivity index is 0.00000264. The van der Waals surface area contributed by atoms with Gasteiger partial charge in [-0.25, -0.2) is 4.99 Å². The van der Waals surface area contributed by atoms with Gasteiger partial charge in [0.05, 0.1) is 6.04 Å². The Labute approximate surface area is 157 Å². The minimum atomic E-state index is 0. The molecule has 1 aliphatic heterocycles. The van der Waals surface area contributed by atoms with Crippen LogP contribution in [0.1, 0.15) is 38.3 Å². The molecule has 1 atom stereocenters. The van der Waals surface area contributed by atoms with Crippen molar-refractivity contribution in [3.63, 3.8) is 0 Å². The van der Waals surface area contributed by atoms with Gasteiger partial charge in [-0.3, -0.25) is 0 Å². The number of guanidine groups is 1. The summed E-state index contributed by atoms with van der Waals surface area (Å²) < 4.78 is 0. The lowest BCUT2D eigenvalue weighted by molar-refractivity contribution is 0.689. The number of anilines is 1. The van der Waals surface area contributed by atoms with E-state index in [0.717, 1.165) is 25.6 Å². The molecule has 1 aliphatic rings. The SMILES string of the molecule is C#CCN=C(NCC)NC(C)c1cccc(N2CCCC2)c1.I. The minimum Gasteiger partial charge on any atom is -0.372 e. The van der Waals surface area contributed by atoms with Crippen LogP contribution in [0, 0.1) is 12.3 Å². The van der Waals surface area contributed by atoms with E-state index in [0.29, 0.717) is 6.54 Å². The van der Waals surface area contributed by atoms with Gasteiger partial charge in [0.15, 0.2) is 5.96 Å². The number of hydrogen-bond donors (Lipinski definition) is 2. The summed E-state index contributed by atoms with van der Waals surface area (Å²) in [6.07, 6.45) is 7.87. The number of nitrogens with zero attached hydrogens (tertiary/aromatic N) is 2. The van der Waals surface area contributed by atoms with Crippen LogP contribution >= 0.6 is 24.0 Å². The van der Waals surface area contributed by atoms with Gasteiger partial charge < -0.3 is 15.5 Å². The highest BCUT2D eigenvalue weighted by atomic mass is 127. The molecule has 1 fully saturated rings. The lowest BCUT2D eigenvalue weighted by Crippen LogP contribution is -2.38. The molecule has 0 bridgehead atoms. The third-order valence-corrected chi connectivity index (χ3v) is 3.87. The molecule has 2 N–H and O–H groups in total. The summed E-state index contributed by atoms with van der Waals surface area (Å²) in [6, 6.07) is 8.93. The lowest BCUT2D eigenvalue weighted by atomic mass is 10.1. The molecule has 5 heteroatoms. The fraction of sp³-hybridized carbons (Fsp3) is 0.500. The molecular weight excluding hydrogens is 399 g/mol. The fourth-order valence-electron chi connectivity index (χ4n) is 2.70. The number of halogens is 1. The third-order valence-electron chi connectivity index (χ3n) is 3.87. The van der Waals surface area contributed by atoms with Crippen molar-refractivity contribution in [2.24, 2.45) is 4.99 Å². The summed E-state index contributed by atoms with van der Waals surface area (Å²) in [6.45, 7) is 7.72. The van der Waals surface area contributed by atoms with E-state index in [1.165, 1.54) is 24.1 Å². The molecule has 1 heterocycles. The maximum atomic E-state index is 5.29. The van der Waals surface area contributed by atoms with Gasteiger partial charge >= 0.3 is 0 Å². The summed E-state index contributed by atoms with van der Waals surface area (Å²) >= 11 is 0. The van der Waals surface area contributed by atoms with E-state index in [2.05, 4.69) is 57.6 Å². The smallest absolute Gasteiger partial charge is 0.192 e. The van der Waals surface area contributed by atoms with Crippen molar-refractivity contribution >= 4 is 35.6 Å². The quantitative estimate of drug-likeness (QED) is 0.329. The number of aliphatic imine (C=N–C) groups is 1. The molecule has 1 aromatic carbocycles. The molecule has 126 valence electrons. The van der Waals surface area contributed by atoms with Gasteiger partial charge in [0.2, 0.25) is 0 Å². The van der Waals surface area contributed by atoms with Crippen LogP contribution < -0.4 is 15.5 Å². The van der Waals surface area contributed by atoms with Crippen molar-refractivity contribution in [2.45, 2.75) is 32.7 Å². The normalized spacial score (nSPS) is 15.5. The molecule has 1 unspecified atom stereocenters.